The Hall–Kier alpha value is -2.53. The Morgan fingerprint density at radius 2 is 2.00 bits per heavy atom. The van der Waals surface area contributed by atoms with Gasteiger partial charge in [0.05, 0.1) is 7.05 Å². The van der Waals surface area contributed by atoms with Gasteiger partial charge in [0, 0.05) is 17.8 Å². The van der Waals surface area contributed by atoms with Crippen molar-refractivity contribution < 1.29 is 19.2 Å². The van der Waals surface area contributed by atoms with Crippen LogP contribution in [0.2, 0.25) is 0 Å². The number of nitrogens with zero attached hydrogens (tertiary/aromatic N) is 1. The topological polar surface area (TPSA) is 43.2 Å². The van der Waals surface area contributed by atoms with E-state index >= 15 is 0 Å². The molecular weight excluding hydrogens is 316 g/mol. The van der Waals surface area contributed by atoms with E-state index in [1.165, 1.54) is 5.56 Å². The van der Waals surface area contributed by atoms with E-state index in [1.807, 2.05) is 48.2 Å². The second-order valence-corrected chi connectivity index (χ2v) is 6.80. The van der Waals surface area contributed by atoms with Crippen molar-refractivity contribution in [2.75, 3.05) is 25.3 Å². The second-order valence-electron chi connectivity index (χ2n) is 6.80. The van der Waals surface area contributed by atoms with Crippen molar-refractivity contribution in [2.24, 2.45) is 0 Å². The van der Waals surface area contributed by atoms with E-state index in [9.17, 15) is 4.79 Å². The molecule has 2 aromatic carbocycles. The first kappa shape index (κ1) is 16.0. The molecule has 2 heterocycles. The van der Waals surface area contributed by atoms with Crippen LogP contribution in [0.1, 0.15) is 18.1 Å². The number of carbonyl (C=O) groups excluding carboxylic acids is 1. The fraction of sp³-hybridized carbons (Fsp3) is 0.350. The number of anilines is 1. The Kier molecular flexibility index (Phi) is 4.09. The standard InChI is InChI=1S/C20H22N2O3/c1-14(20(23)22-10-9-16-5-3-4-6-17(16)22)21(2)12-15-7-8-18-19(11-15)25-13-24-18/h3-8,11,14H,9-10,12-13H2,1-2H3/p+1/t14-/m0/s1. The van der Waals surface area contributed by atoms with Gasteiger partial charge in [0.25, 0.3) is 5.91 Å². The molecule has 1 unspecified atom stereocenters. The Morgan fingerprint density at radius 3 is 2.88 bits per heavy atom. The number of nitrogens with one attached hydrogen (secondary N) is 1. The number of para-hydroxylation sites is 1. The summed E-state index contributed by atoms with van der Waals surface area (Å²) in [5, 5.41) is 0. The molecule has 5 heteroatoms. The molecule has 2 aromatic rings. The van der Waals surface area contributed by atoms with Crippen molar-refractivity contribution in [2.45, 2.75) is 25.9 Å². The minimum absolute atomic E-state index is 0.114. The molecule has 0 saturated heterocycles. The van der Waals surface area contributed by atoms with Crippen molar-refractivity contribution in [1.29, 1.82) is 0 Å². The van der Waals surface area contributed by atoms with Crippen molar-refractivity contribution >= 4 is 11.6 Å². The summed E-state index contributed by atoms with van der Waals surface area (Å²) in [7, 11) is 2.06. The van der Waals surface area contributed by atoms with Gasteiger partial charge in [0.15, 0.2) is 17.5 Å². The molecule has 2 atom stereocenters. The monoisotopic (exact) mass is 339 g/mol. The van der Waals surface area contributed by atoms with Gasteiger partial charge in [-0.3, -0.25) is 4.79 Å². The van der Waals surface area contributed by atoms with Gasteiger partial charge in [-0.05, 0) is 43.2 Å². The number of benzene rings is 2. The van der Waals surface area contributed by atoms with E-state index in [-0.39, 0.29) is 18.7 Å². The SMILES string of the molecule is C[C@@H](C(=O)N1CCc2ccccc21)[NH+](C)Cc1ccc2c(c1)OCO2. The fourth-order valence-electron chi connectivity index (χ4n) is 3.54. The minimum atomic E-state index is -0.114. The van der Waals surface area contributed by atoms with Gasteiger partial charge in [0.2, 0.25) is 6.79 Å². The average molecular weight is 339 g/mol. The molecule has 0 fully saturated rings. The minimum Gasteiger partial charge on any atom is -0.454 e. The second kappa shape index (κ2) is 6.41. The first-order valence-electron chi connectivity index (χ1n) is 8.73. The molecule has 0 aliphatic carbocycles. The number of ether oxygens (including phenoxy) is 2. The summed E-state index contributed by atoms with van der Waals surface area (Å²) >= 11 is 0. The first-order valence-corrected chi connectivity index (χ1v) is 8.73. The Morgan fingerprint density at radius 1 is 1.20 bits per heavy atom. The molecule has 4 rings (SSSR count). The Labute approximate surface area is 147 Å². The van der Waals surface area contributed by atoms with Crippen LogP contribution in [0.25, 0.3) is 0 Å². The van der Waals surface area contributed by atoms with Crippen molar-refractivity contribution in [1.82, 2.24) is 0 Å². The highest BCUT2D eigenvalue weighted by Crippen LogP contribution is 2.32. The molecule has 0 saturated carbocycles. The summed E-state index contributed by atoms with van der Waals surface area (Å²) in [4.78, 5) is 16.1. The van der Waals surface area contributed by atoms with Crippen molar-refractivity contribution in [3.8, 4) is 11.5 Å². The molecule has 0 bridgehead atoms. The number of fused-ring (bicyclic) bond motifs is 2. The Bertz CT molecular complexity index is 805. The summed E-state index contributed by atoms with van der Waals surface area (Å²) in [6.07, 6.45) is 0.940. The van der Waals surface area contributed by atoms with E-state index in [4.69, 9.17) is 9.47 Å². The van der Waals surface area contributed by atoms with Gasteiger partial charge < -0.3 is 19.3 Å². The van der Waals surface area contributed by atoms with Crippen LogP contribution in [0.5, 0.6) is 11.5 Å². The van der Waals surface area contributed by atoms with Crippen LogP contribution < -0.4 is 19.3 Å². The van der Waals surface area contributed by atoms with Crippen LogP contribution in [-0.2, 0) is 17.8 Å². The fourth-order valence-corrected chi connectivity index (χ4v) is 3.54. The quantitative estimate of drug-likeness (QED) is 0.916. The lowest BCUT2D eigenvalue weighted by atomic mass is 10.1. The van der Waals surface area contributed by atoms with Crippen LogP contribution in [0.3, 0.4) is 0 Å². The summed E-state index contributed by atoms with van der Waals surface area (Å²) in [5.74, 6) is 1.76. The molecule has 2 aliphatic rings. The molecule has 0 spiro atoms. The zero-order chi connectivity index (χ0) is 17.4. The smallest absolute Gasteiger partial charge is 0.284 e. The Balaban J connectivity index is 1.45. The van der Waals surface area contributed by atoms with Gasteiger partial charge in [-0.25, -0.2) is 0 Å². The molecule has 25 heavy (non-hydrogen) atoms. The lowest BCUT2D eigenvalue weighted by Crippen LogP contribution is -3.12. The van der Waals surface area contributed by atoms with Crippen LogP contribution >= 0.6 is 0 Å². The van der Waals surface area contributed by atoms with E-state index in [1.54, 1.807) is 0 Å². The molecule has 0 aromatic heterocycles. The van der Waals surface area contributed by atoms with E-state index < -0.39 is 0 Å². The third-order valence-corrected chi connectivity index (χ3v) is 5.18. The number of likely N-dealkylation sites (N-methyl/N-ethyl adjacent to an activating group) is 1. The van der Waals surface area contributed by atoms with E-state index in [0.29, 0.717) is 0 Å². The number of rotatable bonds is 4. The van der Waals surface area contributed by atoms with Gasteiger partial charge in [-0.1, -0.05) is 18.2 Å². The van der Waals surface area contributed by atoms with Crippen LogP contribution in [0, 0.1) is 0 Å². The molecule has 1 amide bonds. The summed E-state index contributed by atoms with van der Waals surface area (Å²) in [6.45, 7) is 3.83. The maximum absolute atomic E-state index is 13.0. The zero-order valence-corrected chi connectivity index (χ0v) is 14.6. The lowest BCUT2D eigenvalue weighted by molar-refractivity contribution is -0.908. The molecule has 0 radical (unpaired) electrons. The highest BCUT2D eigenvalue weighted by Gasteiger charge is 2.32. The number of carbonyl (C=O) groups is 1. The number of hydrogen-bond acceptors (Lipinski definition) is 3. The van der Waals surface area contributed by atoms with Gasteiger partial charge in [0.1, 0.15) is 6.54 Å². The molecular formula is C20H23N2O3+. The van der Waals surface area contributed by atoms with Gasteiger partial charge in [-0.15, -0.1) is 0 Å². The highest BCUT2D eigenvalue weighted by atomic mass is 16.7. The van der Waals surface area contributed by atoms with Crippen LogP contribution in [0.15, 0.2) is 42.5 Å². The molecule has 5 nitrogen and oxygen atoms in total. The largest absolute Gasteiger partial charge is 0.454 e. The van der Waals surface area contributed by atoms with E-state index in [2.05, 4.69) is 13.1 Å². The normalized spacial score (nSPS) is 17.3. The summed E-state index contributed by atoms with van der Waals surface area (Å²) in [5.41, 5.74) is 3.47. The summed E-state index contributed by atoms with van der Waals surface area (Å²) in [6, 6.07) is 14.1. The first-order chi connectivity index (χ1) is 12.1. The zero-order valence-electron chi connectivity index (χ0n) is 14.6. The lowest BCUT2D eigenvalue weighted by Gasteiger charge is -2.26. The average Bonchev–Trinajstić information content (AvgIpc) is 3.26. The maximum Gasteiger partial charge on any atom is 0.284 e. The third-order valence-electron chi connectivity index (χ3n) is 5.18. The summed E-state index contributed by atoms with van der Waals surface area (Å²) < 4.78 is 10.8. The van der Waals surface area contributed by atoms with Crippen molar-refractivity contribution in [3.05, 3.63) is 53.6 Å². The predicted molar refractivity (Wildman–Crippen MR) is 95.1 cm³/mol. The number of quaternary nitrogens is 1. The molecule has 1 N–H and O–H groups in total. The predicted octanol–water partition coefficient (Wildman–Crippen LogP) is 1.41. The van der Waals surface area contributed by atoms with Crippen LogP contribution in [0.4, 0.5) is 5.69 Å². The van der Waals surface area contributed by atoms with E-state index in [0.717, 1.165) is 47.2 Å². The number of amides is 1. The van der Waals surface area contributed by atoms with Gasteiger partial charge in [-0.2, -0.15) is 0 Å². The highest BCUT2D eigenvalue weighted by molar-refractivity contribution is 5.97. The number of hydrogen-bond donors (Lipinski definition) is 1. The van der Waals surface area contributed by atoms with Crippen molar-refractivity contribution in [3.63, 3.8) is 0 Å². The molecule has 130 valence electrons. The maximum atomic E-state index is 13.0. The molecule has 2 aliphatic heterocycles. The third kappa shape index (κ3) is 2.96. The van der Waals surface area contributed by atoms with Gasteiger partial charge >= 0.3 is 0 Å². The van der Waals surface area contributed by atoms with Crippen LogP contribution in [-0.4, -0.2) is 32.3 Å².